The van der Waals surface area contributed by atoms with Crippen LogP contribution in [-0.4, -0.2) is 50.4 Å². The summed E-state index contributed by atoms with van der Waals surface area (Å²) in [5, 5.41) is 9.84. The maximum atomic E-state index is 11.1. The lowest BCUT2D eigenvalue weighted by atomic mass is 9.95. The predicted molar refractivity (Wildman–Crippen MR) is 48.1 cm³/mol. The van der Waals surface area contributed by atoms with Gasteiger partial charge in [-0.25, -0.2) is 8.42 Å². The van der Waals surface area contributed by atoms with Crippen LogP contribution in [-0.2, 0) is 14.6 Å². The molecule has 0 spiro atoms. The first kappa shape index (κ1) is 10.9. The van der Waals surface area contributed by atoms with Gasteiger partial charge >= 0.3 is 0 Å². The summed E-state index contributed by atoms with van der Waals surface area (Å²) in [6.07, 6.45) is 0.208. The van der Waals surface area contributed by atoms with Crippen molar-refractivity contribution in [3.63, 3.8) is 0 Å². The van der Waals surface area contributed by atoms with Gasteiger partial charge in [0.05, 0.1) is 29.8 Å². The number of methoxy groups -OCH3 is 1. The molecule has 13 heavy (non-hydrogen) atoms. The molecule has 1 saturated heterocycles. The van der Waals surface area contributed by atoms with E-state index in [1.165, 1.54) is 7.11 Å². The van der Waals surface area contributed by atoms with E-state index in [0.717, 1.165) is 0 Å². The van der Waals surface area contributed by atoms with Crippen LogP contribution in [0.25, 0.3) is 0 Å². The molecule has 0 bridgehead atoms. The van der Waals surface area contributed by atoms with E-state index in [2.05, 4.69) is 0 Å². The molecule has 0 radical (unpaired) electrons. The van der Waals surface area contributed by atoms with E-state index < -0.39 is 21.5 Å². The monoisotopic (exact) mass is 209 g/mol. The van der Waals surface area contributed by atoms with Gasteiger partial charge < -0.3 is 15.6 Å². The first-order valence-corrected chi connectivity index (χ1v) is 5.89. The van der Waals surface area contributed by atoms with Gasteiger partial charge in [0.1, 0.15) is 0 Å². The summed E-state index contributed by atoms with van der Waals surface area (Å²) < 4.78 is 27.0. The summed E-state index contributed by atoms with van der Waals surface area (Å²) in [4.78, 5) is 0. The Labute approximate surface area is 77.8 Å². The van der Waals surface area contributed by atoms with E-state index in [9.17, 15) is 13.5 Å². The van der Waals surface area contributed by atoms with Crippen molar-refractivity contribution in [3.8, 4) is 0 Å². The fourth-order valence-corrected chi connectivity index (χ4v) is 3.41. The second kappa shape index (κ2) is 3.53. The second-order valence-corrected chi connectivity index (χ2v) is 5.69. The standard InChI is InChI=1S/C7H15NO4S/c1-12-4-6(8)7(9)2-3-13(10,11)5-7/h6,9H,2-5,8H2,1H3. The molecule has 1 aliphatic heterocycles. The molecule has 1 fully saturated rings. The molecule has 2 unspecified atom stereocenters. The third kappa shape index (κ3) is 2.40. The zero-order valence-electron chi connectivity index (χ0n) is 7.56. The minimum absolute atomic E-state index is 0.0148. The topological polar surface area (TPSA) is 89.6 Å². The molecule has 5 nitrogen and oxygen atoms in total. The van der Waals surface area contributed by atoms with Crippen molar-refractivity contribution < 1.29 is 18.3 Å². The fraction of sp³-hybridized carbons (Fsp3) is 1.00. The van der Waals surface area contributed by atoms with Gasteiger partial charge in [-0.3, -0.25) is 0 Å². The Morgan fingerprint density at radius 3 is 2.69 bits per heavy atom. The lowest BCUT2D eigenvalue weighted by Gasteiger charge is -2.27. The van der Waals surface area contributed by atoms with Crippen LogP contribution in [0.4, 0.5) is 0 Å². The highest BCUT2D eigenvalue weighted by atomic mass is 32.2. The largest absolute Gasteiger partial charge is 0.387 e. The van der Waals surface area contributed by atoms with Crippen LogP contribution in [0.1, 0.15) is 6.42 Å². The summed E-state index contributed by atoms with van der Waals surface area (Å²) in [6.45, 7) is 0.173. The Bertz CT molecular complexity index is 276. The SMILES string of the molecule is COCC(N)C1(O)CCS(=O)(=O)C1. The predicted octanol–water partition coefficient (Wildman–Crippen LogP) is -1.49. The van der Waals surface area contributed by atoms with Crippen LogP contribution >= 0.6 is 0 Å². The van der Waals surface area contributed by atoms with Crippen molar-refractivity contribution in [2.75, 3.05) is 25.2 Å². The third-order valence-electron chi connectivity index (χ3n) is 2.35. The van der Waals surface area contributed by atoms with Gasteiger partial charge in [-0.1, -0.05) is 0 Å². The Morgan fingerprint density at radius 2 is 2.31 bits per heavy atom. The van der Waals surface area contributed by atoms with Crippen molar-refractivity contribution in [1.29, 1.82) is 0 Å². The highest BCUT2D eigenvalue weighted by Gasteiger charge is 2.44. The summed E-state index contributed by atoms with van der Waals surface area (Å²) >= 11 is 0. The van der Waals surface area contributed by atoms with E-state index in [4.69, 9.17) is 10.5 Å². The van der Waals surface area contributed by atoms with Crippen LogP contribution in [0.15, 0.2) is 0 Å². The molecule has 0 aromatic rings. The molecule has 6 heteroatoms. The maximum absolute atomic E-state index is 11.1. The van der Waals surface area contributed by atoms with Crippen LogP contribution in [0, 0.1) is 0 Å². The number of hydrogen-bond donors (Lipinski definition) is 2. The number of ether oxygens (including phenoxy) is 1. The van der Waals surface area contributed by atoms with E-state index in [1.54, 1.807) is 0 Å². The quantitative estimate of drug-likeness (QED) is 0.591. The van der Waals surface area contributed by atoms with Crippen LogP contribution in [0.2, 0.25) is 0 Å². The fourth-order valence-electron chi connectivity index (χ4n) is 1.48. The molecule has 0 saturated carbocycles. The van der Waals surface area contributed by atoms with Gasteiger partial charge in [0.25, 0.3) is 0 Å². The maximum Gasteiger partial charge on any atom is 0.153 e. The van der Waals surface area contributed by atoms with Crippen molar-refractivity contribution >= 4 is 9.84 Å². The Morgan fingerprint density at radius 1 is 1.69 bits per heavy atom. The molecule has 2 atom stereocenters. The molecular formula is C7H15NO4S. The molecule has 1 heterocycles. The molecular weight excluding hydrogens is 194 g/mol. The highest BCUT2D eigenvalue weighted by Crippen LogP contribution is 2.25. The Kier molecular flexibility index (Phi) is 2.96. The van der Waals surface area contributed by atoms with Gasteiger partial charge in [-0.05, 0) is 6.42 Å². The molecule has 0 aromatic heterocycles. The molecule has 1 aliphatic rings. The minimum Gasteiger partial charge on any atom is -0.387 e. The van der Waals surface area contributed by atoms with Crippen LogP contribution < -0.4 is 5.73 Å². The van der Waals surface area contributed by atoms with Crippen molar-refractivity contribution in [2.45, 2.75) is 18.1 Å². The summed E-state index contributed by atoms with van der Waals surface area (Å²) in [5.74, 6) is -0.231. The van der Waals surface area contributed by atoms with Crippen LogP contribution in [0.3, 0.4) is 0 Å². The summed E-state index contributed by atoms with van der Waals surface area (Å²) in [6, 6.07) is -0.630. The van der Waals surface area contributed by atoms with E-state index in [1.807, 2.05) is 0 Å². The second-order valence-electron chi connectivity index (χ2n) is 3.51. The summed E-state index contributed by atoms with van der Waals surface area (Å²) in [7, 11) is -1.64. The van der Waals surface area contributed by atoms with E-state index in [0.29, 0.717) is 0 Å². The van der Waals surface area contributed by atoms with Crippen LogP contribution in [0.5, 0.6) is 0 Å². The number of aliphatic hydroxyl groups is 1. The van der Waals surface area contributed by atoms with Gasteiger partial charge in [0.15, 0.2) is 9.84 Å². The highest BCUT2D eigenvalue weighted by molar-refractivity contribution is 7.91. The Balaban J connectivity index is 2.69. The average Bonchev–Trinajstić information content (AvgIpc) is 2.28. The number of nitrogens with two attached hydrogens (primary N) is 1. The van der Waals surface area contributed by atoms with Gasteiger partial charge in [-0.2, -0.15) is 0 Å². The average molecular weight is 209 g/mol. The van der Waals surface area contributed by atoms with E-state index >= 15 is 0 Å². The number of sulfone groups is 1. The molecule has 0 amide bonds. The van der Waals surface area contributed by atoms with Gasteiger partial charge in [-0.15, -0.1) is 0 Å². The minimum atomic E-state index is -3.10. The zero-order chi connectivity index (χ0) is 10.1. The van der Waals surface area contributed by atoms with E-state index in [-0.39, 0.29) is 24.5 Å². The van der Waals surface area contributed by atoms with Gasteiger partial charge in [0, 0.05) is 7.11 Å². The van der Waals surface area contributed by atoms with Crippen molar-refractivity contribution in [1.82, 2.24) is 0 Å². The van der Waals surface area contributed by atoms with Crippen molar-refractivity contribution in [2.24, 2.45) is 5.73 Å². The van der Waals surface area contributed by atoms with Gasteiger partial charge in [0.2, 0.25) is 0 Å². The zero-order valence-corrected chi connectivity index (χ0v) is 8.38. The first-order valence-electron chi connectivity index (χ1n) is 4.07. The number of hydrogen-bond acceptors (Lipinski definition) is 5. The normalized spacial score (nSPS) is 34.7. The molecule has 0 aliphatic carbocycles. The number of rotatable bonds is 3. The Hall–Kier alpha value is -0.170. The molecule has 1 rings (SSSR count). The smallest absolute Gasteiger partial charge is 0.153 e. The lowest BCUT2D eigenvalue weighted by molar-refractivity contribution is 0.0103. The van der Waals surface area contributed by atoms with Crippen molar-refractivity contribution in [3.05, 3.63) is 0 Å². The first-order chi connectivity index (χ1) is 5.90. The molecule has 78 valence electrons. The molecule has 0 aromatic carbocycles. The summed E-state index contributed by atoms with van der Waals surface area (Å²) in [5.41, 5.74) is 4.31. The third-order valence-corrected chi connectivity index (χ3v) is 4.12. The lowest BCUT2D eigenvalue weighted by Crippen LogP contribution is -2.51. The molecule has 3 N–H and O–H groups in total.